The zero-order chi connectivity index (χ0) is 8.27. The molecule has 0 saturated heterocycles. The summed E-state index contributed by atoms with van der Waals surface area (Å²) in [7, 11) is 1.28. The van der Waals surface area contributed by atoms with Gasteiger partial charge in [-0.15, -0.1) is 0 Å². The van der Waals surface area contributed by atoms with Crippen molar-refractivity contribution in [3.63, 3.8) is 0 Å². The van der Waals surface area contributed by atoms with Gasteiger partial charge in [-0.2, -0.15) is 0 Å². The molecule has 0 saturated carbocycles. The van der Waals surface area contributed by atoms with Crippen LogP contribution in [0.3, 0.4) is 0 Å². The van der Waals surface area contributed by atoms with Gasteiger partial charge in [0.1, 0.15) is 11.4 Å². The minimum absolute atomic E-state index is 0.210. The second-order valence-electron chi connectivity index (χ2n) is 1.83. The molecule has 0 aromatic heterocycles. The summed E-state index contributed by atoms with van der Waals surface area (Å²) in [6.45, 7) is 0. The fourth-order valence-electron chi connectivity index (χ4n) is 0.650. The monoisotopic (exact) mass is 150 g/mol. The number of rotatable bonds is 1. The van der Waals surface area contributed by atoms with Crippen LogP contribution in [0.1, 0.15) is 0 Å². The summed E-state index contributed by atoms with van der Waals surface area (Å²) in [5.41, 5.74) is 0.549. The Morgan fingerprint density at radius 1 is 1.73 bits per heavy atom. The van der Waals surface area contributed by atoms with Crippen LogP contribution in [0.4, 0.5) is 0 Å². The zero-order valence-corrected chi connectivity index (χ0v) is 5.92. The molecule has 0 spiro atoms. The first kappa shape index (κ1) is 7.44. The van der Waals surface area contributed by atoms with E-state index in [0.717, 1.165) is 0 Å². The lowest BCUT2D eigenvalue weighted by molar-refractivity contribution is -0.132. The Hall–Kier alpha value is -1.67. The number of carbonyl (C=O) groups is 1. The Balaban J connectivity index is 2.88. The maximum Gasteiger partial charge on any atom is 0.356 e. The third kappa shape index (κ3) is 1.42. The molecule has 1 rings (SSSR count). The Kier molecular flexibility index (Phi) is 1.99. The van der Waals surface area contributed by atoms with Crippen molar-refractivity contribution in [1.29, 1.82) is 5.41 Å². The molecule has 4 heteroatoms. The molecule has 0 aliphatic carbocycles. The summed E-state index contributed by atoms with van der Waals surface area (Å²) in [4.78, 5) is 14.5. The maximum absolute atomic E-state index is 10.8. The molecule has 11 heavy (non-hydrogen) atoms. The van der Waals surface area contributed by atoms with Crippen molar-refractivity contribution in [1.82, 2.24) is 0 Å². The number of allylic oxidation sites excluding steroid dienone is 1. The van der Waals surface area contributed by atoms with E-state index in [1.165, 1.54) is 19.3 Å². The Morgan fingerprint density at radius 3 is 2.91 bits per heavy atom. The summed E-state index contributed by atoms with van der Waals surface area (Å²) < 4.78 is 4.40. The van der Waals surface area contributed by atoms with E-state index in [2.05, 4.69) is 15.6 Å². The molecule has 0 unspecified atom stereocenters. The smallest absolute Gasteiger partial charge is 0.356 e. The fourth-order valence-corrected chi connectivity index (χ4v) is 0.650. The van der Waals surface area contributed by atoms with Crippen LogP contribution >= 0.6 is 0 Å². The number of aliphatic imine (C=N–C) groups is 1. The quantitative estimate of drug-likeness (QED) is 0.431. The molecule has 1 heterocycles. The van der Waals surface area contributed by atoms with Crippen LogP contribution in [0.5, 0.6) is 0 Å². The Labute approximate surface area is 63.4 Å². The van der Waals surface area contributed by atoms with Crippen LogP contribution in [0, 0.1) is 5.41 Å². The van der Waals surface area contributed by atoms with Crippen LogP contribution in [-0.4, -0.2) is 24.7 Å². The topological polar surface area (TPSA) is 62.5 Å². The maximum atomic E-state index is 10.8. The summed E-state index contributed by atoms with van der Waals surface area (Å²) in [5.74, 6) is 1.56. The van der Waals surface area contributed by atoms with Gasteiger partial charge in [-0.25, -0.2) is 9.79 Å². The molecule has 0 radical (unpaired) electrons. The van der Waals surface area contributed by atoms with Crippen molar-refractivity contribution in [3.05, 3.63) is 17.8 Å². The van der Waals surface area contributed by atoms with E-state index in [-0.39, 0.29) is 5.71 Å². The van der Waals surface area contributed by atoms with E-state index >= 15 is 0 Å². The molecule has 0 bridgehead atoms. The number of hydrogen-bond donors (Lipinski definition) is 1. The average molecular weight is 150 g/mol. The number of hydrogen-bond acceptors (Lipinski definition) is 4. The number of esters is 1. The molecule has 56 valence electrons. The molecule has 1 aliphatic heterocycles. The first-order chi connectivity index (χ1) is 5.27. The van der Waals surface area contributed by atoms with Gasteiger partial charge in [0.2, 0.25) is 0 Å². The Morgan fingerprint density at radius 2 is 2.45 bits per heavy atom. The van der Waals surface area contributed by atoms with Gasteiger partial charge in [-0.1, -0.05) is 0 Å². The van der Waals surface area contributed by atoms with Gasteiger partial charge in [-0.3, -0.25) is 5.41 Å². The van der Waals surface area contributed by atoms with Crippen molar-refractivity contribution >= 4 is 17.6 Å². The van der Waals surface area contributed by atoms with Crippen molar-refractivity contribution in [2.24, 2.45) is 4.99 Å². The van der Waals surface area contributed by atoms with Gasteiger partial charge in [-0.05, 0) is 12.2 Å². The van der Waals surface area contributed by atoms with Crippen molar-refractivity contribution in [2.45, 2.75) is 0 Å². The number of nitrogens with zero attached hydrogens (tertiary/aromatic N) is 1. The zero-order valence-electron chi connectivity index (χ0n) is 5.92. The summed E-state index contributed by atoms with van der Waals surface area (Å²) in [6.07, 6.45) is 3.02. The van der Waals surface area contributed by atoms with Crippen LogP contribution in [0.2, 0.25) is 0 Å². The molecule has 0 amide bonds. The van der Waals surface area contributed by atoms with E-state index in [9.17, 15) is 4.79 Å². The number of nitrogens with one attached hydrogen (secondary N) is 1. The van der Waals surface area contributed by atoms with Gasteiger partial charge in [0.25, 0.3) is 0 Å². The first-order valence-electron chi connectivity index (χ1n) is 2.92. The van der Waals surface area contributed by atoms with Gasteiger partial charge in [0.15, 0.2) is 0 Å². The SMILES string of the molecule is COC(=O)C1=NC(=C=N)C=C1. The molecule has 0 atom stereocenters. The predicted molar refractivity (Wildman–Crippen MR) is 39.8 cm³/mol. The average Bonchev–Trinajstić information content (AvgIpc) is 2.50. The highest BCUT2D eigenvalue weighted by Gasteiger charge is 2.12. The molecule has 1 N–H and O–H groups in total. The number of carbonyl (C=O) groups excluding carboxylic acids is 1. The minimum atomic E-state index is -0.494. The standard InChI is InChI=1S/C7H6N2O2/c1-11-7(10)6-3-2-5(4-8)9-6/h2-3,8H,1H3. The third-order valence-corrected chi connectivity index (χ3v) is 1.16. The molecular formula is C7H6N2O2. The first-order valence-corrected chi connectivity index (χ1v) is 2.92. The highest BCUT2D eigenvalue weighted by atomic mass is 16.5. The van der Waals surface area contributed by atoms with Crippen molar-refractivity contribution < 1.29 is 9.53 Å². The molecule has 0 aromatic carbocycles. The highest BCUT2D eigenvalue weighted by molar-refractivity contribution is 6.42. The van der Waals surface area contributed by atoms with Gasteiger partial charge >= 0.3 is 5.97 Å². The van der Waals surface area contributed by atoms with Gasteiger partial charge < -0.3 is 4.74 Å². The molecule has 0 fully saturated rings. The van der Waals surface area contributed by atoms with E-state index < -0.39 is 5.97 Å². The second kappa shape index (κ2) is 2.94. The van der Waals surface area contributed by atoms with Crippen molar-refractivity contribution in [3.8, 4) is 0 Å². The fraction of sp³-hybridized carbons (Fsp3) is 0.143. The minimum Gasteiger partial charge on any atom is -0.464 e. The largest absolute Gasteiger partial charge is 0.464 e. The third-order valence-electron chi connectivity index (χ3n) is 1.16. The normalized spacial score (nSPS) is 14.3. The second-order valence-corrected chi connectivity index (χ2v) is 1.83. The van der Waals surface area contributed by atoms with Crippen LogP contribution < -0.4 is 0 Å². The lowest BCUT2D eigenvalue weighted by Crippen LogP contribution is -2.11. The van der Waals surface area contributed by atoms with E-state index in [1.54, 1.807) is 0 Å². The summed E-state index contributed by atoms with van der Waals surface area (Å²) in [5, 5.41) is 6.69. The van der Waals surface area contributed by atoms with Gasteiger partial charge in [0, 0.05) is 5.87 Å². The van der Waals surface area contributed by atoms with Crippen LogP contribution in [0.25, 0.3) is 0 Å². The van der Waals surface area contributed by atoms with E-state index in [1.807, 2.05) is 0 Å². The summed E-state index contributed by atoms with van der Waals surface area (Å²) >= 11 is 0. The molecule has 4 nitrogen and oxygen atoms in total. The highest BCUT2D eigenvalue weighted by Crippen LogP contribution is 2.05. The van der Waals surface area contributed by atoms with E-state index in [4.69, 9.17) is 5.41 Å². The predicted octanol–water partition coefficient (Wildman–Crippen LogP) is 0.303. The Bertz CT molecular complexity index is 296. The number of ether oxygens (including phenoxy) is 1. The van der Waals surface area contributed by atoms with Gasteiger partial charge in [0.05, 0.1) is 7.11 Å². The molecular weight excluding hydrogens is 144 g/mol. The van der Waals surface area contributed by atoms with Crippen LogP contribution in [0.15, 0.2) is 22.8 Å². The summed E-state index contributed by atoms with van der Waals surface area (Å²) in [6, 6.07) is 0. The lowest BCUT2D eigenvalue weighted by Gasteiger charge is -1.92. The van der Waals surface area contributed by atoms with Crippen LogP contribution in [-0.2, 0) is 9.53 Å². The van der Waals surface area contributed by atoms with Crippen molar-refractivity contribution in [2.75, 3.05) is 7.11 Å². The molecule has 1 aliphatic rings. The lowest BCUT2D eigenvalue weighted by atomic mass is 10.4. The number of methoxy groups -OCH3 is 1. The molecule has 0 aromatic rings. The van der Waals surface area contributed by atoms with E-state index in [0.29, 0.717) is 5.70 Å².